The van der Waals surface area contributed by atoms with Gasteiger partial charge in [-0.1, -0.05) is 0 Å². The van der Waals surface area contributed by atoms with E-state index in [1.54, 1.807) is 13.1 Å². The van der Waals surface area contributed by atoms with E-state index < -0.39 is 0 Å². The zero-order valence-electron chi connectivity index (χ0n) is 9.69. The molecule has 0 amide bonds. The fourth-order valence-electron chi connectivity index (χ4n) is 1.67. The number of pyridine rings is 1. The highest BCUT2D eigenvalue weighted by atomic mass is 16.5. The topological polar surface area (TPSA) is 67.0 Å². The molecule has 0 bridgehead atoms. The van der Waals surface area contributed by atoms with Gasteiger partial charge in [-0.15, -0.1) is 0 Å². The van der Waals surface area contributed by atoms with Crippen LogP contribution in [0, 0.1) is 0 Å². The summed E-state index contributed by atoms with van der Waals surface area (Å²) in [6.45, 7) is 3.05. The van der Waals surface area contributed by atoms with E-state index in [2.05, 4.69) is 15.3 Å². The summed E-state index contributed by atoms with van der Waals surface area (Å²) in [5.41, 5.74) is 1.96. The van der Waals surface area contributed by atoms with Gasteiger partial charge in [-0.05, 0) is 24.6 Å². The van der Waals surface area contributed by atoms with Gasteiger partial charge in [0.15, 0.2) is 0 Å². The van der Waals surface area contributed by atoms with Crippen LogP contribution in [0.25, 0.3) is 11.0 Å². The summed E-state index contributed by atoms with van der Waals surface area (Å²) in [6, 6.07) is 3.89. The fraction of sp³-hybridized carbons (Fsp3) is 0.333. The van der Waals surface area contributed by atoms with E-state index in [1.165, 1.54) is 0 Å². The number of ether oxygens (including phenoxy) is 1. The second-order valence-corrected chi connectivity index (χ2v) is 3.62. The zero-order chi connectivity index (χ0) is 12.1. The van der Waals surface area contributed by atoms with Crippen molar-refractivity contribution >= 4 is 17.0 Å². The molecule has 2 aromatic heterocycles. The Kier molecular flexibility index (Phi) is 3.72. The average Bonchev–Trinajstić information content (AvgIpc) is 2.73. The molecule has 0 aromatic carbocycles. The van der Waals surface area contributed by atoms with E-state index in [4.69, 9.17) is 4.74 Å². The third kappa shape index (κ3) is 2.82. The third-order valence-corrected chi connectivity index (χ3v) is 2.43. The first-order valence-corrected chi connectivity index (χ1v) is 5.58. The van der Waals surface area contributed by atoms with Crippen molar-refractivity contribution < 1.29 is 9.53 Å². The summed E-state index contributed by atoms with van der Waals surface area (Å²) in [7, 11) is 0. The van der Waals surface area contributed by atoms with Gasteiger partial charge >= 0.3 is 5.97 Å². The second kappa shape index (κ2) is 5.45. The van der Waals surface area contributed by atoms with Gasteiger partial charge in [0.2, 0.25) is 0 Å². The smallest absolute Gasteiger partial charge is 0.319 e. The van der Waals surface area contributed by atoms with Gasteiger partial charge in [0, 0.05) is 24.3 Å². The highest BCUT2D eigenvalue weighted by Gasteiger charge is 2.05. The number of rotatable bonds is 5. The lowest BCUT2D eigenvalue weighted by Crippen LogP contribution is -2.24. The molecule has 17 heavy (non-hydrogen) atoms. The van der Waals surface area contributed by atoms with Crippen LogP contribution in [0.5, 0.6) is 0 Å². The average molecular weight is 233 g/mol. The zero-order valence-corrected chi connectivity index (χ0v) is 9.69. The lowest BCUT2D eigenvalue weighted by molar-refractivity contribution is -0.142. The Morgan fingerprint density at radius 3 is 3.29 bits per heavy atom. The van der Waals surface area contributed by atoms with Crippen LogP contribution < -0.4 is 5.32 Å². The Morgan fingerprint density at radius 2 is 2.47 bits per heavy atom. The first-order chi connectivity index (χ1) is 8.31. The molecule has 2 aromatic rings. The number of hydrogen-bond donors (Lipinski definition) is 2. The number of carbonyl (C=O) groups excluding carboxylic acids is 1. The SMILES string of the molecule is CCOC(=O)CNCc1c[nH]c2ncccc12. The first-order valence-electron chi connectivity index (χ1n) is 5.58. The van der Waals surface area contributed by atoms with Gasteiger partial charge in [0.05, 0.1) is 13.2 Å². The standard InChI is InChI=1S/C12H15N3O2/c1-2-17-11(16)8-13-6-9-7-15-12-10(9)4-3-5-14-12/h3-5,7,13H,2,6,8H2,1H3,(H,14,15). The number of H-pyrrole nitrogens is 1. The Balaban J connectivity index is 1.93. The van der Waals surface area contributed by atoms with Gasteiger partial charge in [-0.3, -0.25) is 4.79 Å². The van der Waals surface area contributed by atoms with Crippen molar-refractivity contribution in [2.45, 2.75) is 13.5 Å². The van der Waals surface area contributed by atoms with Crippen molar-refractivity contribution in [2.75, 3.05) is 13.2 Å². The number of nitrogens with one attached hydrogen (secondary N) is 2. The molecule has 2 heterocycles. The first kappa shape index (κ1) is 11.6. The van der Waals surface area contributed by atoms with Gasteiger partial charge in [0.25, 0.3) is 0 Å². The van der Waals surface area contributed by atoms with Crippen LogP contribution in [0.1, 0.15) is 12.5 Å². The number of aromatic nitrogens is 2. The summed E-state index contributed by atoms with van der Waals surface area (Å²) in [5.74, 6) is -0.231. The second-order valence-electron chi connectivity index (χ2n) is 3.62. The number of nitrogens with zero attached hydrogens (tertiary/aromatic N) is 1. The summed E-state index contributed by atoms with van der Waals surface area (Å²) in [5, 5.41) is 4.12. The largest absolute Gasteiger partial charge is 0.465 e. The fourth-order valence-corrected chi connectivity index (χ4v) is 1.67. The monoisotopic (exact) mass is 233 g/mol. The Hall–Kier alpha value is -1.88. The quantitative estimate of drug-likeness (QED) is 0.762. The van der Waals surface area contributed by atoms with Gasteiger partial charge < -0.3 is 15.0 Å². The predicted molar refractivity (Wildman–Crippen MR) is 64.4 cm³/mol. The van der Waals surface area contributed by atoms with E-state index in [1.807, 2.05) is 18.3 Å². The van der Waals surface area contributed by atoms with Crippen LogP contribution in [0.2, 0.25) is 0 Å². The Labute approximate surface area is 99.2 Å². The van der Waals surface area contributed by atoms with E-state index >= 15 is 0 Å². The van der Waals surface area contributed by atoms with Crippen molar-refractivity contribution in [2.24, 2.45) is 0 Å². The Bertz CT molecular complexity index is 507. The van der Waals surface area contributed by atoms with E-state index in [0.717, 1.165) is 16.6 Å². The van der Waals surface area contributed by atoms with Crippen molar-refractivity contribution in [1.82, 2.24) is 15.3 Å². The van der Waals surface area contributed by atoms with Crippen LogP contribution in [0.3, 0.4) is 0 Å². The number of hydrogen-bond acceptors (Lipinski definition) is 4. The number of carbonyl (C=O) groups is 1. The van der Waals surface area contributed by atoms with E-state index in [-0.39, 0.29) is 12.5 Å². The minimum absolute atomic E-state index is 0.223. The summed E-state index contributed by atoms with van der Waals surface area (Å²) >= 11 is 0. The molecule has 0 fully saturated rings. The molecule has 5 nitrogen and oxygen atoms in total. The number of aromatic amines is 1. The third-order valence-electron chi connectivity index (χ3n) is 2.43. The molecule has 0 aliphatic heterocycles. The highest BCUT2D eigenvalue weighted by molar-refractivity contribution is 5.79. The van der Waals surface area contributed by atoms with Crippen LogP contribution >= 0.6 is 0 Å². The minimum atomic E-state index is -0.231. The molecular formula is C12H15N3O2. The molecule has 5 heteroatoms. The molecule has 0 saturated carbocycles. The molecule has 0 aliphatic carbocycles. The molecular weight excluding hydrogens is 218 g/mol. The van der Waals surface area contributed by atoms with Crippen molar-refractivity contribution in [3.05, 3.63) is 30.1 Å². The molecule has 0 unspecified atom stereocenters. The summed E-state index contributed by atoms with van der Waals surface area (Å²) in [4.78, 5) is 18.4. The summed E-state index contributed by atoms with van der Waals surface area (Å²) < 4.78 is 4.83. The predicted octanol–water partition coefficient (Wildman–Crippen LogP) is 1.22. The molecule has 0 aliphatic rings. The highest BCUT2D eigenvalue weighted by Crippen LogP contribution is 2.14. The molecule has 90 valence electrons. The van der Waals surface area contributed by atoms with Crippen LogP contribution in [-0.2, 0) is 16.1 Å². The molecule has 0 spiro atoms. The minimum Gasteiger partial charge on any atom is -0.465 e. The van der Waals surface area contributed by atoms with Crippen molar-refractivity contribution in [3.63, 3.8) is 0 Å². The number of fused-ring (bicyclic) bond motifs is 1. The summed E-state index contributed by atoms with van der Waals surface area (Å²) in [6.07, 6.45) is 3.64. The maximum absolute atomic E-state index is 11.1. The van der Waals surface area contributed by atoms with Crippen LogP contribution in [0.4, 0.5) is 0 Å². The molecule has 2 N–H and O–H groups in total. The molecule has 0 radical (unpaired) electrons. The van der Waals surface area contributed by atoms with Gasteiger partial charge in [-0.25, -0.2) is 4.98 Å². The van der Waals surface area contributed by atoms with E-state index in [0.29, 0.717) is 13.2 Å². The van der Waals surface area contributed by atoms with Crippen molar-refractivity contribution in [3.8, 4) is 0 Å². The van der Waals surface area contributed by atoms with Gasteiger partial charge in [-0.2, -0.15) is 0 Å². The Morgan fingerprint density at radius 1 is 1.59 bits per heavy atom. The lowest BCUT2D eigenvalue weighted by atomic mass is 10.2. The van der Waals surface area contributed by atoms with E-state index in [9.17, 15) is 4.79 Å². The molecule has 0 atom stereocenters. The molecule has 0 saturated heterocycles. The van der Waals surface area contributed by atoms with Crippen molar-refractivity contribution in [1.29, 1.82) is 0 Å². The normalized spacial score (nSPS) is 10.6. The number of esters is 1. The lowest BCUT2D eigenvalue weighted by Gasteiger charge is -2.03. The maximum atomic E-state index is 11.1. The molecule has 2 rings (SSSR count). The van der Waals surface area contributed by atoms with Crippen LogP contribution in [-0.4, -0.2) is 29.1 Å². The van der Waals surface area contributed by atoms with Crippen LogP contribution in [0.15, 0.2) is 24.5 Å². The van der Waals surface area contributed by atoms with Gasteiger partial charge in [0.1, 0.15) is 5.65 Å². The maximum Gasteiger partial charge on any atom is 0.319 e.